The number of methoxy groups -OCH3 is 3. The predicted octanol–water partition coefficient (Wildman–Crippen LogP) is 5.71. The topological polar surface area (TPSA) is 116 Å². The molecular formula is C32H32BrN3O7S. The number of halogens is 1. The lowest BCUT2D eigenvalue weighted by molar-refractivity contribution is -0.119. The van der Waals surface area contributed by atoms with E-state index in [-0.39, 0.29) is 16.3 Å². The minimum Gasteiger partial charge on any atom is -0.497 e. The second kappa shape index (κ2) is 14.8. The van der Waals surface area contributed by atoms with Crippen molar-refractivity contribution in [2.45, 2.75) is 18.4 Å². The summed E-state index contributed by atoms with van der Waals surface area (Å²) in [7, 11) is 0.252. The fraction of sp³-hybridized carbons (Fsp3) is 0.188. The standard InChI is InChI=1S/C32H32BrN3O7S/c1-22-10-12-23(13-11-22)21-43-32-27(33)16-24(17-30(32)42-4)19-34-35-31(37)20-36(44(38,39)26-8-6-5-7-9-26)28-15-14-25(40-2)18-29(28)41-3/h5-19H,20-21H2,1-4H3,(H,35,37)/b34-19-. The summed E-state index contributed by atoms with van der Waals surface area (Å²) in [6.07, 6.45) is 1.42. The highest BCUT2D eigenvalue weighted by atomic mass is 79.9. The van der Waals surface area contributed by atoms with Crippen LogP contribution < -0.4 is 28.7 Å². The third kappa shape index (κ3) is 7.88. The lowest BCUT2D eigenvalue weighted by Crippen LogP contribution is -2.39. The Balaban J connectivity index is 1.52. The molecule has 0 atom stereocenters. The number of benzene rings is 4. The molecule has 0 spiro atoms. The van der Waals surface area contributed by atoms with Crippen LogP contribution in [-0.4, -0.2) is 48.4 Å². The van der Waals surface area contributed by atoms with Crippen LogP contribution in [-0.2, 0) is 21.4 Å². The molecule has 0 saturated heterocycles. The SMILES string of the molecule is COc1ccc(N(CC(=O)N/N=C\c2cc(Br)c(OCc3ccc(C)cc3)c(OC)c2)S(=O)(=O)c2ccccc2)c(OC)c1. The first-order chi connectivity index (χ1) is 21.2. The summed E-state index contributed by atoms with van der Waals surface area (Å²) in [5.41, 5.74) is 5.34. The third-order valence-corrected chi connectivity index (χ3v) is 8.80. The molecule has 4 rings (SSSR count). The smallest absolute Gasteiger partial charge is 0.264 e. The second-order valence-electron chi connectivity index (χ2n) is 9.46. The Morgan fingerprint density at radius 2 is 1.61 bits per heavy atom. The van der Waals surface area contributed by atoms with Gasteiger partial charge in [0.25, 0.3) is 15.9 Å². The van der Waals surface area contributed by atoms with E-state index in [0.717, 1.165) is 15.4 Å². The van der Waals surface area contributed by atoms with Gasteiger partial charge in [0.05, 0.1) is 42.6 Å². The summed E-state index contributed by atoms with van der Waals surface area (Å²) >= 11 is 3.52. The molecule has 0 saturated carbocycles. The average molecular weight is 683 g/mol. The van der Waals surface area contributed by atoms with E-state index in [1.54, 1.807) is 36.4 Å². The summed E-state index contributed by atoms with van der Waals surface area (Å²) < 4.78 is 51.1. The number of sulfonamides is 1. The summed E-state index contributed by atoms with van der Waals surface area (Å²) in [5, 5.41) is 4.05. The first-order valence-corrected chi connectivity index (χ1v) is 15.6. The first-order valence-electron chi connectivity index (χ1n) is 13.3. The molecule has 0 fully saturated rings. The van der Waals surface area contributed by atoms with Crippen LogP contribution >= 0.6 is 15.9 Å². The Hall–Kier alpha value is -4.55. The van der Waals surface area contributed by atoms with Gasteiger partial charge in [0, 0.05) is 6.07 Å². The molecule has 0 aromatic heterocycles. The van der Waals surface area contributed by atoms with Gasteiger partial charge in [-0.2, -0.15) is 5.10 Å². The number of hydrogen-bond acceptors (Lipinski definition) is 8. The Labute approximate surface area is 265 Å². The number of anilines is 1. The van der Waals surface area contributed by atoms with Crippen molar-refractivity contribution in [3.05, 3.63) is 106 Å². The number of nitrogens with zero attached hydrogens (tertiary/aromatic N) is 2. The first kappa shape index (κ1) is 32.4. The highest BCUT2D eigenvalue weighted by molar-refractivity contribution is 9.10. The molecule has 0 aliphatic heterocycles. The molecule has 0 aliphatic carbocycles. The van der Waals surface area contributed by atoms with Crippen LogP contribution in [0.15, 0.2) is 99.4 Å². The number of ether oxygens (including phenoxy) is 4. The van der Waals surface area contributed by atoms with Crippen molar-refractivity contribution in [2.24, 2.45) is 5.10 Å². The fourth-order valence-corrected chi connectivity index (χ4v) is 6.18. The Kier molecular flexibility index (Phi) is 10.9. The van der Waals surface area contributed by atoms with E-state index < -0.39 is 22.5 Å². The van der Waals surface area contributed by atoms with Crippen molar-refractivity contribution in [3.63, 3.8) is 0 Å². The molecule has 1 N–H and O–H groups in total. The van der Waals surface area contributed by atoms with Crippen molar-refractivity contribution < 1.29 is 32.2 Å². The number of hydrogen-bond donors (Lipinski definition) is 1. The molecule has 1 amide bonds. The molecule has 230 valence electrons. The Morgan fingerprint density at radius 3 is 2.27 bits per heavy atom. The van der Waals surface area contributed by atoms with Gasteiger partial charge >= 0.3 is 0 Å². The quantitative estimate of drug-likeness (QED) is 0.142. The van der Waals surface area contributed by atoms with Gasteiger partial charge in [-0.25, -0.2) is 13.8 Å². The third-order valence-electron chi connectivity index (χ3n) is 6.43. The molecule has 10 nitrogen and oxygen atoms in total. The molecule has 44 heavy (non-hydrogen) atoms. The van der Waals surface area contributed by atoms with Crippen molar-refractivity contribution in [1.82, 2.24) is 5.43 Å². The van der Waals surface area contributed by atoms with E-state index in [1.807, 2.05) is 31.2 Å². The number of nitrogens with one attached hydrogen (secondary N) is 1. The highest BCUT2D eigenvalue weighted by Crippen LogP contribution is 2.37. The van der Waals surface area contributed by atoms with Gasteiger partial charge in [0.1, 0.15) is 24.7 Å². The Morgan fingerprint density at radius 1 is 0.909 bits per heavy atom. The van der Waals surface area contributed by atoms with Crippen molar-refractivity contribution in [2.75, 3.05) is 32.2 Å². The monoisotopic (exact) mass is 681 g/mol. The van der Waals surface area contributed by atoms with Crippen LogP contribution in [0.25, 0.3) is 0 Å². The van der Waals surface area contributed by atoms with Crippen LogP contribution in [0.2, 0.25) is 0 Å². The van der Waals surface area contributed by atoms with Crippen molar-refractivity contribution in [1.29, 1.82) is 0 Å². The number of aryl methyl sites for hydroxylation is 1. The van der Waals surface area contributed by atoms with E-state index in [2.05, 4.69) is 26.5 Å². The molecule has 0 aliphatic rings. The molecule has 4 aromatic rings. The van der Waals surface area contributed by atoms with Gasteiger partial charge in [-0.05, 0) is 70.4 Å². The second-order valence-corrected chi connectivity index (χ2v) is 12.2. The zero-order valence-electron chi connectivity index (χ0n) is 24.6. The lowest BCUT2D eigenvalue weighted by atomic mass is 10.2. The maximum Gasteiger partial charge on any atom is 0.264 e. The summed E-state index contributed by atoms with van der Waals surface area (Å²) in [5.74, 6) is 0.977. The van der Waals surface area contributed by atoms with Gasteiger partial charge in [-0.3, -0.25) is 9.10 Å². The van der Waals surface area contributed by atoms with E-state index in [4.69, 9.17) is 18.9 Å². The zero-order valence-corrected chi connectivity index (χ0v) is 27.0. The van der Waals surface area contributed by atoms with Gasteiger partial charge in [-0.1, -0.05) is 48.0 Å². The minimum atomic E-state index is -4.16. The highest BCUT2D eigenvalue weighted by Gasteiger charge is 2.29. The number of rotatable bonds is 13. The van der Waals surface area contributed by atoms with Crippen LogP contribution in [0.1, 0.15) is 16.7 Å². The van der Waals surface area contributed by atoms with E-state index in [9.17, 15) is 13.2 Å². The molecular weight excluding hydrogens is 650 g/mol. The lowest BCUT2D eigenvalue weighted by Gasteiger charge is -2.25. The normalized spacial score (nSPS) is 11.2. The maximum atomic E-state index is 13.7. The largest absolute Gasteiger partial charge is 0.497 e. The molecule has 0 unspecified atom stereocenters. The van der Waals surface area contributed by atoms with Crippen LogP contribution in [0.4, 0.5) is 5.69 Å². The van der Waals surface area contributed by atoms with Gasteiger partial charge in [0.2, 0.25) is 0 Å². The summed E-state index contributed by atoms with van der Waals surface area (Å²) in [4.78, 5) is 13.1. The van der Waals surface area contributed by atoms with Gasteiger partial charge in [0.15, 0.2) is 11.5 Å². The molecule has 12 heteroatoms. The molecule has 0 heterocycles. The number of hydrazone groups is 1. The Bertz CT molecular complexity index is 1730. The number of amides is 1. The number of carbonyl (C=O) groups excluding carboxylic acids is 1. The van der Waals surface area contributed by atoms with Crippen LogP contribution in [0.5, 0.6) is 23.0 Å². The molecule has 0 radical (unpaired) electrons. The van der Waals surface area contributed by atoms with Crippen molar-refractivity contribution in [3.8, 4) is 23.0 Å². The van der Waals surface area contributed by atoms with Crippen LogP contribution in [0.3, 0.4) is 0 Å². The molecule has 4 aromatic carbocycles. The maximum absolute atomic E-state index is 13.7. The van der Waals surface area contributed by atoms with Gasteiger partial charge in [-0.15, -0.1) is 0 Å². The summed E-state index contributed by atoms with van der Waals surface area (Å²) in [6, 6.07) is 23.9. The van der Waals surface area contributed by atoms with Crippen molar-refractivity contribution >= 4 is 43.8 Å². The predicted molar refractivity (Wildman–Crippen MR) is 172 cm³/mol. The van der Waals surface area contributed by atoms with E-state index >= 15 is 0 Å². The van der Waals surface area contributed by atoms with Crippen LogP contribution in [0, 0.1) is 6.92 Å². The summed E-state index contributed by atoms with van der Waals surface area (Å²) in [6.45, 7) is 1.80. The average Bonchev–Trinajstić information content (AvgIpc) is 3.03. The van der Waals surface area contributed by atoms with E-state index in [0.29, 0.717) is 33.9 Å². The molecule has 0 bridgehead atoms. The fourth-order valence-electron chi connectivity index (χ4n) is 4.15. The van der Waals surface area contributed by atoms with Gasteiger partial charge < -0.3 is 18.9 Å². The number of carbonyl (C=O) groups is 1. The van der Waals surface area contributed by atoms with E-state index in [1.165, 1.54) is 51.8 Å². The minimum absolute atomic E-state index is 0.0100. The zero-order chi connectivity index (χ0) is 31.7.